The van der Waals surface area contributed by atoms with Gasteiger partial charge in [-0.3, -0.25) is 4.79 Å². The maximum absolute atomic E-state index is 12.5. The molecular formula is C16H13Cl3N2OS. The molecule has 3 rings (SSSR count). The van der Waals surface area contributed by atoms with Crippen molar-refractivity contribution in [2.45, 2.75) is 6.42 Å². The Labute approximate surface area is 154 Å². The van der Waals surface area contributed by atoms with Crippen molar-refractivity contribution in [2.24, 2.45) is 0 Å². The van der Waals surface area contributed by atoms with Crippen LogP contribution in [0.3, 0.4) is 0 Å². The van der Waals surface area contributed by atoms with Crippen LogP contribution in [-0.4, -0.2) is 18.2 Å². The van der Waals surface area contributed by atoms with Crippen molar-refractivity contribution >= 4 is 64.0 Å². The normalized spacial score (nSPS) is 14.1. The van der Waals surface area contributed by atoms with Gasteiger partial charge in [0.25, 0.3) is 5.91 Å². The number of benzene rings is 2. The first-order chi connectivity index (χ1) is 11.0. The fourth-order valence-electron chi connectivity index (χ4n) is 2.27. The second-order valence-corrected chi connectivity index (χ2v) is 7.36. The highest BCUT2D eigenvalue weighted by atomic mass is 35.5. The fraction of sp³-hybridized carbons (Fsp3) is 0.188. The van der Waals surface area contributed by atoms with Crippen LogP contribution in [0.1, 0.15) is 16.8 Å². The zero-order valence-corrected chi connectivity index (χ0v) is 15.1. The van der Waals surface area contributed by atoms with Gasteiger partial charge in [-0.05, 0) is 54.8 Å². The number of nitrogens with zero attached hydrogens (tertiary/aromatic N) is 1. The molecule has 1 amide bonds. The van der Waals surface area contributed by atoms with Crippen LogP contribution < -0.4 is 9.62 Å². The molecule has 0 spiro atoms. The first-order valence-corrected chi connectivity index (χ1v) is 9.08. The lowest BCUT2D eigenvalue weighted by Gasteiger charge is -2.17. The zero-order chi connectivity index (χ0) is 16.4. The molecule has 3 nitrogen and oxygen atoms in total. The third-order valence-electron chi connectivity index (χ3n) is 3.41. The van der Waals surface area contributed by atoms with E-state index >= 15 is 0 Å². The molecule has 0 saturated carbocycles. The van der Waals surface area contributed by atoms with Gasteiger partial charge in [-0.2, -0.15) is 0 Å². The topological polar surface area (TPSA) is 32.3 Å². The van der Waals surface area contributed by atoms with E-state index in [9.17, 15) is 4.79 Å². The molecule has 1 heterocycles. The Morgan fingerprint density at radius 1 is 1.04 bits per heavy atom. The summed E-state index contributed by atoms with van der Waals surface area (Å²) in [5.74, 6) is 0.812. The number of carbonyl (C=O) groups is 1. The lowest BCUT2D eigenvalue weighted by Crippen LogP contribution is -2.14. The average molecular weight is 388 g/mol. The zero-order valence-electron chi connectivity index (χ0n) is 12.0. The predicted molar refractivity (Wildman–Crippen MR) is 100 cm³/mol. The molecule has 0 aliphatic carbocycles. The highest BCUT2D eigenvalue weighted by molar-refractivity contribution is 8.00. The smallest absolute Gasteiger partial charge is 0.257 e. The summed E-state index contributed by atoms with van der Waals surface area (Å²) in [5.41, 5.74) is 1.99. The van der Waals surface area contributed by atoms with Crippen LogP contribution in [0.5, 0.6) is 0 Å². The minimum absolute atomic E-state index is 0.278. The first kappa shape index (κ1) is 16.8. The number of carbonyl (C=O) groups excluding carboxylic acids is 1. The summed E-state index contributed by atoms with van der Waals surface area (Å²) in [6.07, 6.45) is 1.14. The van der Waals surface area contributed by atoms with E-state index in [-0.39, 0.29) is 5.91 Å². The number of rotatable bonds is 3. The van der Waals surface area contributed by atoms with Crippen molar-refractivity contribution in [1.29, 1.82) is 0 Å². The predicted octanol–water partition coefficient (Wildman–Crippen LogP) is 5.76. The molecule has 2 aromatic rings. The number of halogens is 3. The third-order valence-corrected chi connectivity index (χ3v) is 5.66. The summed E-state index contributed by atoms with van der Waals surface area (Å²) in [4.78, 5) is 12.5. The summed E-state index contributed by atoms with van der Waals surface area (Å²) in [7, 11) is 0. The van der Waals surface area contributed by atoms with Gasteiger partial charge in [-0.1, -0.05) is 34.8 Å². The molecule has 120 valence electrons. The van der Waals surface area contributed by atoms with E-state index in [4.69, 9.17) is 34.8 Å². The fourth-order valence-corrected chi connectivity index (χ4v) is 3.77. The Bertz CT molecular complexity index is 748. The molecule has 1 aliphatic rings. The number of anilines is 2. The second-order valence-electron chi connectivity index (χ2n) is 5.04. The molecule has 23 heavy (non-hydrogen) atoms. The molecule has 0 radical (unpaired) electrons. The summed E-state index contributed by atoms with van der Waals surface area (Å²) >= 11 is 19.8. The molecule has 0 unspecified atom stereocenters. The molecule has 0 aromatic heterocycles. The molecule has 0 bridgehead atoms. The highest BCUT2D eigenvalue weighted by Crippen LogP contribution is 2.32. The molecule has 2 aromatic carbocycles. The van der Waals surface area contributed by atoms with Crippen molar-refractivity contribution in [3.05, 3.63) is 57.0 Å². The number of amides is 1. The van der Waals surface area contributed by atoms with Gasteiger partial charge >= 0.3 is 0 Å². The van der Waals surface area contributed by atoms with Crippen LogP contribution in [0, 0.1) is 0 Å². The van der Waals surface area contributed by atoms with Crippen molar-refractivity contribution in [2.75, 3.05) is 21.9 Å². The van der Waals surface area contributed by atoms with E-state index in [1.54, 1.807) is 36.2 Å². The van der Waals surface area contributed by atoms with Crippen molar-refractivity contribution in [3.8, 4) is 0 Å². The Hall–Kier alpha value is -1.07. The van der Waals surface area contributed by atoms with Gasteiger partial charge in [0.05, 0.1) is 20.6 Å². The largest absolute Gasteiger partial charge is 0.322 e. The Morgan fingerprint density at radius 3 is 2.52 bits per heavy atom. The quantitative estimate of drug-likeness (QED) is 0.680. The molecule has 7 heteroatoms. The second kappa shape index (κ2) is 7.22. The molecule has 1 saturated heterocycles. The highest BCUT2D eigenvalue weighted by Gasteiger charge is 2.17. The standard InChI is InChI=1S/C16H13Cl3N2OS/c17-13-5-3-11(21-6-1-7-23-21)9-12(13)16(22)20-10-2-4-14(18)15(19)8-10/h2-5,8-9H,1,6-7H2,(H,20,22). The number of hydrogen-bond acceptors (Lipinski definition) is 3. The monoisotopic (exact) mass is 386 g/mol. The third kappa shape index (κ3) is 3.89. The van der Waals surface area contributed by atoms with E-state index in [1.165, 1.54) is 0 Å². The van der Waals surface area contributed by atoms with Gasteiger partial charge in [0.1, 0.15) is 0 Å². The van der Waals surface area contributed by atoms with E-state index in [0.717, 1.165) is 24.4 Å². The van der Waals surface area contributed by atoms with Gasteiger partial charge in [-0.25, -0.2) is 0 Å². The average Bonchev–Trinajstić information content (AvgIpc) is 3.06. The lowest BCUT2D eigenvalue weighted by molar-refractivity contribution is 0.102. The van der Waals surface area contributed by atoms with Crippen LogP contribution in [0.2, 0.25) is 15.1 Å². The van der Waals surface area contributed by atoms with Crippen LogP contribution in [-0.2, 0) is 0 Å². The molecule has 1 aliphatic heterocycles. The Kier molecular flexibility index (Phi) is 5.27. The van der Waals surface area contributed by atoms with Crippen molar-refractivity contribution in [3.63, 3.8) is 0 Å². The summed E-state index contributed by atoms with van der Waals surface area (Å²) in [6, 6.07) is 10.4. The summed E-state index contributed by atoms with van der Waals surface area (Å²) in [5, 5.41) is 4.03. The first-order valence-electron chi connectivity index (χ1n) is 7.01. The van der Waals surface area contributed by atoms with Crippen molar-refractivity contribution < 1.29 is 4.79 Å². The van der Waals surface area contributed by atoms with Crippen LogP contribution >= 0.6 is 46.8 Å². The van der Waals surface area contributed by atoms with E-state index in [2.05, 4.69) is 9.62 Å². The van der Waals surface area contributed by atoms with E-state index < -0.39 is 0 Å². The minimum atomic E-state index is -0.278. The summed E-state index contributed by atoms with van der Waals surface area (Å²) in [6.45, 7) is 0.972. The van der Waals surface area contributed by atoms with Crippen LogP contribution in [0.15, 0.2) is 36.4 Å². The molecular weight excluding hydrogens is 375 g/mol. The number of nitrogens with one attached hydrogen (secondary N) is 1. The van der Waals surface area contributed by atoms with Gasteiger partial charge in [0.2, 0.25) is 0 Å². The van der Waals surface area contributed by atoms with Crippen LogP contribution in [0.25, 0.3) is 0 Å². The lowest BCUT2D eigenvalue weighted by atomic mass is 10.1. The summed E-state index contributed by atoms with van der Waals surface area (Å²) < 4.78 is 2.17. The molecule has 1 N–H and O–H groups in total. The van der Waals surface area contributed by atoms with Gasteiger partial charge in [0, 0.05) is 23.7 Å². The SMILES string of the molecule is O=C(Nc1ccc(Cl)c(Cl)c1)c1cc(N2CCCS2)ccc1Cl. The maximum Gasteiger partial charge on any atom is 0.257 e. The van der Waals surface area contributed by atoms with Gasteiger partial charge in [-0.15, -0.1) is 0 Å². The maximum atomic E-state index is 12.5. The Morgan fingerprint density at radius 2 is 1.83 bits per heavy atom. The number of hydrogen-bond donors (Lipinski definition) is 1. The Balaban J connectivity index is 1.83. The van der Waals surface area contributed by atoms with Gasteiger partial charge in [0.15, 0.2) is 0 Å². The van der Waals surface area contributed by atoms with E-state index in [0.29, 0.717) is 26.3 Å². The minimum Gasteiger partial charge on any atom is -0.322 e. The molecule has 0 atom stereocenters. The van der Waals surface area contributed by atoms with E-state index in [1.807, 2.05) is 12.1 Å². The van der Waals surface area contributed by atoms with Crippen LogP contribution in [0.4, 0.5) is 11.4 Å². The van der Waals surface area contributed by atoms with Crippen molar-refractivity contribution in [1.82, 2.24) is 0 Å². The molecule has 1 fully saturated rings. The van der Waals surface area contributed by atoms with Gasteiger partial charge < -0.3 is 9.62 Å².